The molecular formula is C19H20F4N4. The second kappa shape index (κ2) is 7.96. The van der Waals surface area contributed by atoms with E-state index in [1.54, 1.807) is 18.2 Å². The smallest absolute Gasteiger partial charge is 0.352 e. The van der Waals surface area contributed by atoms with Gasteiger partial charge in [-0.25, -0.2) is 4.39 Å². The van der Waals surface area contributed by atoms with E-state index in [9.17, 15) is 17.6 Å². The summed E-state index contributed by atoms with van der Waals surface area (Å²) in [7, 11) is 2.01. The zero-order valence-corrected chi connectivity index (χ0v) is 14.8. The molecule has 1 aliphatic heterocycles. The third kappa shape index (κ3) is 4.77. The topological polar surface area (TPSA) is 30.9 Å². The van der Waals surface area contributed by atoms with Gasteiger partial charge in [0, 0.05) is 26.2 Å². The van der Waals surface area contributed by atoms with Crippen LogP contribution in [0.3, 0.4) is 0 Å². The molecule has 4 nitrogen and oxygen atoms in total. The number of hydrazone groups is 1. The Morgan fingerprint density at radius 1 is 0.963 bits per heavy atom. The Hall–Kier alpha value is -2.61. The summed E-state index contributed by atoms with van der Waals surface area (Å²) in [5, 5.41) is 4.32. The van der Waals surface area contributed by atoms with Crippen molar-refractivity contribution >= 4 is 11.5 Å². The maximum absolute atomic E-state index is 14.3. The molecule has 0 atom stereocenters. The molecule has 0 aliphatic carbocycles. The van der Waals surface area contributed by atoms with Crippen molar-refractivity contribution in [3.63, 3.8) is 0 Å². The molecule has 1 heterocycles. The van der Waals surface area contributed by atoms with Crippen LogP contribution in [0.15, 0.2) is 53.6 Å². The number of nitrogens with zero attached hydrogens (tertiary/aromatic N) is 3. The molecule has 8 heteroatoms. The number of nitrogens with one attached hydrogen (secondary N) is 1. The quantitative estimate of drug-likeness (QED) is 0.380. The first-order valence-corrected chi connectivity index (χ1v) is 8.54. The SMILES string of the molecule is CN1CCN(C(=NNc2ccc(C(F)(F)F)cc2)c2ccccc2F)CC1. The van der Waals surface area contributed by atoms with E-state index in [2.05, 4.69) is 15.4 Å². The molecule has 144 valence electrons. The lowest BCUT2D eigenvalue weighted by molar-refractivity contribution is -0.137. The van der Waals surface area contributed by atoms with Crippen molar-refractivity contribution in [2.24, 2.45) is 5.10 Å². The van der Waals surface area contributed by atoms with E-state index < -0.39 is 17.6 Å². The molecule has 27 heavy (non-hydrogen) atoms. The number of anilines is 1. The first kappa shape index (κ1) is 19.2. The average molecular weight is 380 g/mol. The zero-order chi connectivity index (χ0) is 19.4. The van der Waals surface area contributed by atoms with Crippen LogP contribution < -0.4 is 5.43 Å². The standard InChI is InChI=1S/C19H20F4N4/c1-26-10-12-27(13-11-26)18(16-4-2-3-5-17(16)20)25-24-15-8-6-14(7-9-15)19(21,22)23/h2-9,24H,10-13H2,1H3. The maximum Gasteiger partial charge on any atom is 0.416 e. The van der Waals surface area contributed by atoms with Gasteiger partial charge in [-0.05, 0) is 43.4 Å². The fourth-order valence-corrected chi connectivity index (χ4v) is 2.81. The molecule has 0 saturated carbocycles. The van der Waals surface area contributed by atoms with Crippen molar-refractivity contribution in [1.29, 1.82) is 0 Å². The van der Waals surface area contributed by atoms with E-state index >= 15 is 0 Å². The molecular weight excluding hydrogens is 360 g/mol. The van der Waals surface area contributed by atoms with Crippen LogP contribution in [0.2, 0.25) is 0 Å². The summed E-state index contributed by atoms with van der Waals surface area (Å²) in [4.78, 5) is 4.13. The number of amidine groups is 1. The van der Waals surface area contributed by atoms with E-state index in [-0.39, 0.29) is 0 Å². The van der Waals surface area contributed by atoms with Crippen molar-refractivity contribution in [3.8, 4) is 0 Å². The van der Waals surface area contributed by atoms with E-state index in [4.69, 9.17) is 0 Å². The van der Waals surface area contributed by atoms with E-state index in [1.165, 1.54) is 18.2 Å². The Morgan fingerprint density at radius 3 is 2.19 bits per heavy atom. The van der Waals surface area contributed by atoms with Crippen molar-refractivity contribution in [1.82, 2.24) is 9.80 Å². The summed E-state index contributed by atoms with van der Waals surface area (Å²) in [5.41, 5.74) is 2.77. The third-order valence-corrected chi connectivity index (χ3v) is 4.42. The van der Waals surface area contributed by atoms with Crippen LogP contribution in [0.1, 0.15) is 11.1 Å². The molecule has 1 saturated heterocycles. The molecule has 1 fully saturated rings. The van der Waals surface area contributed by atoms with Crippen molar-refractivity contribution in [2.75, 3.05) is 38.7 Å². The first-order chi connectivity index (χ1) is 12.8. The third-order valence-electron chi connectivity index (χ3n) is 4.42. The van der Waals surface area contributed by atoms with Gasteiger partial charge in [-0.15, -0.1) is 0 Å². The van der Waals surface area contributed by atoms with Gasteiger partial charge in [0.25, 0.3) is 0 Å². The van der Waals surface area contributed by atoms with Gasteiger partial charge in [-0.1, -0.05) is 12.1 Å². The van der Waals surface area contributed by atoms with Crippen LogP contribution in [0.5, 0.6) is 0 Å². The molecule has 2 aromatic carbocycles. The number of hydrogen-bond acceptors (Lipinski definition) is 3. The molecule has 0 aromatic heterocycles. The molecule has 1 aliphatic rings. The van der Waals surface area contributed by atoms with Crippen molar-refractivity contribution in [2.45, 2.75) is 6.18 Å². The largest absolute Gasteiger partial charge is 0.416 e. The minimum absolute atomic E-state index is 0.349. The Morgan fingerprint density at radius 2 is 1.59 bits per heavy atom. The van der Waals surface area contributed by atoms with Gasteiger partial charge in [0.05, 0.1) is 16.8 Å². The summed E-state index contributed by atoms with van der Waals surface area (Å²) in [6.45, 7) is 2.98. The van der Waals surface area contributed by atoms with Crippen LogP contribution in [0.4, 0.5) is 23.2 Å². The normalized spacial score (nSPS) is 16.5. The van der Waals surface area contributed by atoms with Crippen LogP contribution in [0.25, 0.3) is 0 Å². The lowest BCUT2D eigenvalue weighted by atomic mass is 10.1. The monoisotopic (exact) mass is 380 g/mol. The molecule has 0 amide bonds. The second-order valence-electron chi connectivity index (χ2n) is 6.39. The number of piperazine rings is 1. The number of likely N-dealkylation sites (N-methyl/N-ethyl adjacent to an activating group) is 1. The predicted octanol–water partition coefficient (Wildman–Crippen LogP) is 3.87. The van der Waals surface area contributed by atoms with Gasteiger partial charge in [-0.2, -0.15) is 18.3 Å². The van der Waals surface area contributed by atoms with Crippen LogP contribution >= 0.6 is 0 Å². The Labute approximate surface area is 155 Å². The van der Waals surface area contributed by atoms with E-state index in [0.29, 0.717) is 30.2 Å². The van der Waals surface area contributed by atoms with E-state index in [0.717, 1.165) is 25.2 Å². The van der Waals surface area contributed by atoms with E-state index in [1.807, 2.05) is 11.9 Å². The minimum Gasteiger partial charge on any atom is -0.352 e. The number of halogens is 4. The molecule has 3 rings (SSSR count). The highest BCUT2D eigenvalue weighted by Gasteiger charge is 2.30. The number of rotatable bonds is 3. The second-order valence-corrected chi connectivity index (χ2v) is 6.39. The number of hydrogen-bond donors (Lipinski definition) is 1. The molecule has 0 radical (unpaired) electrons. The predicted molar refractivity (Wildman–Crippen MR) is 97.1 cm³/mol. The van der Waals surface area contributed by atoms with Crippen molar-refractivity contribution in [3.05, 3.63) is 65.5 Å². The molecule has 0 spiro atoms. The van der Waals surface area contributed by atoms with Gasteiger partial charge in [0.2, 0.25) is 0 Å². The number of alkyl halides is 3. The molecule has 1 N–H and O–H groups in total. The van der Waals surface area contributed by atoms with Crippen LogP contribution in [-0.4, -0.2) is 48.9 Å². The maximum atomic E-state index is 14.3. The average Bonchev–Trinajstić information content (AvgIpc) is 2.64. The highest BCUT2D eigenvalue weighted by atomic mass is 19.4. The Kier molecular flexibility index (Phi) is 5.65. The lowest BCUT2D eigenvalue weighted by Crippen LogP contribution is -2.47. The first-order valence-electron chi connectivity index (χ1n) is 8.54. The summed E-state index contributed by atoms with van der Waals surface area (Å²) >= 11 is 0. The number of benzene rings is 2. The fraction of sp³-hybridized carbons (Fsp3) is 0.316. The summed E-state index contributed by atoms with van der Waals surface area (Å²) in [6, 6.07) is 10.9. The van der Waals surface area contributed by atoms with Crippen LogP contribution in [0, 0.1) is 5.82 Å². The highest BCUT2D eigenvalue weighted by molar-refractivity contribution is 5.99. The molecule has 0 unspecified atom stereocenters. The molecule has 0 bridgehead atoms. The van der Waals surface area contributed by atoms with Gasteiger partial charge in [0.15, 0.2) is 5.84 Å². The lowest BCUT2D eigenvalue weighted by Gasteiger charge is -2.34. The zero-order valence-electron chi connectivity index (χ0n) is 14.8. The minimum atomic E-state index is -4.39. The summed E-state index contributed by atoms with van der Waals surface area (Å²) in [5.74, 6) is 0.0329. The Bertz CT molecular complexity index is 794. The summed E-state index contributed by atoms with van der Waals surface area (Å²) < 4.78 is 52.3. The Balaban J connectivity index is 1.85. The molecule has 2 aromatic rings. The van der Waals surface area contributed by atoms with Gasteiger partial charge >= 0.3 is 6.18 Å². The van der Waals surface area contributed by atoms with Crippen LogP contribution in [-0.2, 0) is 6.18 Å². The van der Waals surface area contributed by atoms with Gasteiger partial charge in [-0.3, -0.25) is 5.43 Å². The fourth-order valence-electron chi connectivity index (χ4n) is 2.81. The van der Waals surface area contributed by atoms with Gasteiger partial charge < -0.3 is 9.80 Å². The summed E-state index contributed by atoms with van der Waals surface area (Å²) in [6.07, 6.45) is -4.39. The van der Waals surface area contributed by atoms with Crippen molar-refractivity contribution < 1.29 is 17.6 Å². The highest BCUT2D eigenvalue weighted by Crippen LogP contribution is 2.29. The van der Waals surface area contributed by atoms with Gasteiger partial charge in [0.1, 0.15) is 5.82 Å².